The molecule has 20 heavy (non-hydrogen) atoms. The van der Waals surface area contributed by atoms with E-state index in [9.17, 15) is 14.0 Å². The Balaban J connectivity index is 2.65. The predicted octanol–water partition coefficient (Wildman–Crippen LogP) is 3.23. The third-order valence-corrected chi connectivity index (χ3v) is 5.69. The lowest BCUT2D eigenvalue weighted by molar-refractivity contribution is 0.109. The van der Waals surface area contributed by atoms with Crippen molar-refractivity contribution < 1.29 is 27.8 Å². The van der Waals surface area contributed by atoms with Crippen LogP contribution >= 0.6 is 15.6 Å². The minimum Gasteiger partial charge on any atom is -0.302 e. The molecule has 0 aromatic rings. The van der Waals surface area contributed by atoms with Crippen LogP contribution < -0.4 is 0 Å². The Morgan fingerprint density at radius 2 is 2.00 bits per heavy atom. The zero-order valence-electron chi connectivity index (χ0n) is 11.3. The van der Waals surface area contributed by atoms with Crippen LogP contribution in [-0.2, 0) is 18.0 Å². The normalized spacial score (nSPS) is 27.2. The van der Waals surface area contributed by atoms with Gasteiger partial charge in [0.05, 0.1) is 6.61 Å². The first-order chi connectivity index (χ1) is 9.06. The summed E-state index contributed by atoms with van der Waals surface area (Å²) >= 11 is 0. The van der Waals surface area contributed by atoms with E-state index in [-0.39, 0.29) is 18.4 Å². The molecule has 0 aliphatic heterocycles. The molecule has 0 aromatic heterocycles. The highest BCUT2D eigenvalue weighted by Crippen LogP contribution is 2.61. The molecule has 2 unspecified atom stereocenters. The summed E-state index contributed by atoms with van der Waals surface area (Å²) in [5.74, 6) is 0.725. The van der Waals surface area contributed by atoms with E-state index in [1.807, 2.05) is 0 Å². The highest BCUT2D eigenvalue weighted by molar-refractivity contribution is 7.63. The van der Waals surface area contributed by atoms with Crippen molar-refractivity contribution in [3.63, 3.8) is 0 Å². The van der Waals surface area contributed by atoms with Crippen LogP contribution in [0.25, 0.3) is 0 Å². The van der Waals surface area contributed by atoms with Gasteiger partial charge in [-0.3, -0.25) is 4.52 Å². The largest absolute Gasteiger partial charge is 0.498 e. The SMILES string of the molecule is C=C(C)C(COP(=O)(N=O)OP(=O)(O)O)C1CC(C)C1. The molecular weight excluding hydrogens is 308 g/mol. The van der Waals surface area contributed by atoms with E-state index in [0.29, 0.717) is 5.92 Å². The molecule has 0 aromatic carbocycles. The predicted molar refractivity (Wildman–Crippen MR) is 72.7 cm³/mol. The summed E-state index contributed by atoms with van der Waals surface area (Å²) < 4.78 is 30.9. The van der Waals surface area contributed by atoms with Gasteiger partial charge in [0, 0.05) is 10.9 Å². The molecule has 1 saturated carbocycles. The summed E-state index contributed by atoms with van der Waals surface area (Å²) in [4.78, 5) is 29.7. The molecule has 1 fully saturated rings. The Hall–Kier alpha value is -0.360. The Kier molecular flexibility index (Phi) is 5.84. The molecule has 10 heteroatoms. The van der Waals surface area contributed by atoms with Gasteiger partial charge in [-0.15, -0.1) is 4.91 Å². The molecule has 0 bridgehead atoms. The van der Waals surface area contributed by atoms with Crippen LogP contribution in [0.1, 0.15) is 26.7 Å². The number of nitroso groups, excluding NO2 is 1. The lowest BCUT2D eigenvalue weighted by Gasteiger charge is -2.39. The van der Waals surface area contributed by atoms with E-state index < -0.39 is 15.6 Å². The monoisotopic (exact) mass is 327 g/mol. The van der Waals surface area contributed by atoms with E-state index in [2.05, 4.69) is 22.8 Å². The van der Waals surface area contributed by atoms with Gasteiger partial charge < -0.3 is 9.79 Å². The molecule has 0 spiro atoms. The molecule has 0 amide bonds. The van der Waals surface area contributed by atoms with Gasteiger partial charge in [-0.1, -0.05) is 19.1 Å². The van der Waals surface area contributed by atoms with Gasteiger partial charge in [-0.2, -0.15) is 4.31 Å². The van der Waals surface area contributed by atoms with E-state index in [4.69, 9.17) is 14.3 Å². The number of hydrogen-bond acceptors (Lipinski definition) is 5. The lowest BCUT2D eigenvalue weighted by atomic mass is 9.68. The fourth-order valence-electron chi connectivity index (χ4n) is 2.34. The molecule has 0 radical (unpaired) electrons. The fraction of sp³-hybridized carbons (Fsp3) is 0.800. The van der Waals surface area contributed by atoms with Crippen molar-refractivity contribution in [1.82, 2.24) is 0 Å². The summed E-state index contributed by atoms with van der Waals surface area (Å²) in [6, 6.07) is 0. The summed E-state index contributed by atoms with van der Waals surface area (Å²) in [5.41, 5.74) is 0.788. The number of hydrogen-bond donors (Lipinski definition) is 2. The molecular formula is C10H19NO7P2. The number of phosphoric acid groups is 1. The van der Waals surface area contributed by atoms with Gasteiger partial charge in [0.2, 0.25) is 0 Å². The first-order valence-electron chi connectivity index (χ1n) is 6.08. The van der Waals surface area contributed by atoms with Gasteiger partial charge in [0.1, 0.15) is 0 Å². The van der Waals surface area contributed by atoms with E-state index in [1.165, 1.54) is 0 Å². The maximum absolute atomic E-state index is 11.7. The van der Waals surface area contributed by atoms with Crippen LogP contribution in [0.3, 0.4) is 0 Å². The van der Waals surface area contributed by atoms with Gasteiger partial charge in [-0.05, 0) is 31.6 Å². The van der Waals surface area contributed by atoms with Gasteiger partial charge in [0.25, 0.3) is 0 Å². The second-order valence-corrected chi connectivity index (χ2v) is 8.20. The third-order valence-electron chi connectivity index (χ3n) is 3.34. The standard InChI is InChI=1S/C10H19NO7P2/c1-7(2)10(9-4-8(3)5-9)6-17-19(13,11-12)18-20(14,15)16/h8-10H,1,4-6H2,2-3H3,(H2,14,15,16). The first-order valence-corrected chi connectivity index (χ1v) is 9.10. The highest BCUT2D eigenvalue weighted by Gasteiger charge is 2.39. The van der Waals surface area contributed by atoms with Crippen LogP contribution in [-0.4, -0.2) is 16.4 Å². The molecule has 1 aliphatic rings. The van der Waals surface area contributed by atoms with Gasteiger partial charge >= 0.3 is 15.6 Å². The Morgan fingerprint density at radius 3 is 2.35 bits per heavy atom. The molecule has 1 aliphatic carbocycles. The lowest BCUT2D eigenvalue weighted by Crippen LogP contribution is -2.31. The van der Waals surface area contributed by atoms with E-state index >= 15 is 0 Å². The number of rotatable bonds is 8. The first kappa shape index (κ1) is 17.7. The molecule has 8 nitrogen and oxygen atoms in total. The van der Waals surface area contributed by atoms with Gasteiger partial charge in [-0.25, -0.2) is 9.13 Å². The Morgan fingerprint density at radius 1 is 1.45 bits per heavy atom. The van der Waals surface area contributed by atoms with Crippen LogP contribution in [0, 0.1) is 22.7 Å². The smallest absolute Gasteiger partial charge is 0.302 e. The molecule has 0 saturated heterocycles. The van der Waals surface area contributed by atoms with Crippen molar-refractivity contribution >= 4 is 15.6 Å². The minimum atomic E-state index is -5.12. The zero-order chi connectivity index (χ0) is 15.6. The number of nitrogens with zero attached hydrogens (tertiary/aromatic N) is 1. The van der Waals surface area contributed by atoms with E-state index in [1.54, 1.807) is 6.92 Å². The second-order valence-electron chi connectivity index (χ2n) is 5.21. The van der Waals surface area contributed by atoms with Crippen LogP contribution in [0.4, 0.5) is 0 Å². The van der Waals surface area contributed by atoms with E-state index in [0.717, 1.165) is 18.4 Å². The molecule has 2 atom stereocenters. The van der Waals surface area contributed by atoms with Crippen LogP contribution in [0.2, 0.25) is 0 Å². The second kappa shape index (κ2) is 6.60. The van der Waals surface area contributed by atoms with Crippen LogP contribution in [0.15, 0.2) is 17.1 Å². The topological polar surface area (TPSA) is 122 Å². The summed E-state index contributed by atoms with van der Waals surface area (Å²) in [5, 5.41) is 0. The maximum Gasteiger partial charge on any atom is 0.498 e. The van der Waals surface area contributed by atoms with Crippen molar-refractivity contribution in [2.24, 2.45) is 22.7 Å². The summed E-state index contributed by atoms with van der Waals surface area (Å²) in [6.07, 6.45) is 1.91. The molecule has 0 heterocycles. The minimum absolute atomic E-state index is 0.151. The Bertz CT molecular complexity index is 468. The molecule has 1 rings (SSSR count). The summed E-state index contributed by atoms with van der Waals surface area (Å²) in [7, 11) is -9.81. The maximum atomic E-state index is 11.7. The average Bonchev–Trinajstić information content (AvgIpc) is 2.24. The molecule has 2 N–H and O–H groups in total. The fourth-order valence-corrected chi connectivity index (χ4v) is 4.12. The van der Waals surface area contributed by atoms with Crippen molar-refractivity contribution in [3.05, 3.63) is 17.1 Å². The third kappa shape index (κ3) is 5.20. The van der Waals surface area contributed by atoms with Crippen molar-refractivity contribution in [3.8, 4) is 0 Å². The average molecular weight is 327 g/mol. The zero-order valence-corrected chi connectivity index (χ0v) is 13.1. The highest BCUT2D eigenvalue weighted by atomic mass is 31.3. The summed E-state index contributed by atoms with van der Waals surface area (Å²) in [6.45, 7) is 7.52. The van der Waals surface area contributed by atoms with Crippen molar-refractivity contribution in [1.29, 1.82) is 0 Å². The Labute approximate surface area is 117 Å². The quantitative estimate of drug-likeness (QED) is 0.398. The van der Waals surface area contributed by atoms with Crippen LogP contribution in [0.5, 0.6) is 0 Å². The molecule has 116 valence electrons. The van der Waals surface area contributed by atoms with Gasteiger partial charge in [0.15, 0.2) is 0 Å². The van der Waals surface area contributed by atoms with Crippen molar-refractivity contribution in [2.45, 2.75) is 26.7 Å². The van der Waals surface area contributed by atoms with Crippen molar-refractivity contribution in [2.75, 3.05) is 6.61 Å².